The monoisotopic (exact) mass is 371 g/mol. The van der Waals surface area contributed by atoms with E-state index in [2.05, 4.69) is 0 Å². The predicted octanol–water partition coefficient (Wildman–Crippen LogP) is 3.93. The van der Waals surface area contributed by atoms with Crippen LogP contribution < -0.4 is 9.64 Å². The number of esters is 1. The van der Waals surface area contributed by atoms with Crippen LogP contribution in [0.3, 0.4) is 0 Å². The maximum atomic E-state index is 12.7. The van der Waals surface area contributed by atoms with Gasteiger partial charge in [-0.1, -0.05) is 41.9 Å². The van der Waals surface area contributed by atoms with Gasteiger partial charge in [0.05, 0.1) is 18.8 Å². The molecule has 1 atom stereocenters. The van der Waals surface area contributed by atoms with E-state index in [0.29, 0.717) is 23.0 Å². The van der Waals surface area contributed by atoms with E-state index in [1.165, 1.54) is 6.08 Å². The number of amides is 1. The van der Waals surface area contributed by atoms with Gasteiger partial charge in [-0.3, -0.25) is 4.79 Å². The minimum atomic E-state index is -0.556. The standard InChI is InChI=1S/C20H18ClNO4/c1-2-25-20(24)11-10-19(23)22-13-18(14-6-4-3-5-7-14)26-17-9-8-15(21)12-16(17)22/h3-12,18H,2,13H2,1H3/b11-10+. The lowest BCUT2D eigenvalue weighted by molar-refractivity contribution is -0.137. The summed E-state index contributed by atoms with van der Waals surface area (Å²) in [5, 5.41) is 0.498. The highest BCUT2D eigenvalue weighted by molar-refractivity contribution is 6.31. The van der Waals surface area contributed by atoms with Crippen molar-refractivity contribution in [3.05, 3.63) is 71.3 Å². The van der Waals surface area contributed by atoms with Gasteiger partial charge in [0.25, 0.3) is 5.91 Å². The second-order valence-corrected chi connectivity index (χ2v) is 6.10. The van der Waals surface area contributed by atoms with Crippen LogP contribution in [0.1, 0.15) is 18.6 Å². The molecule has 1 heterocycles. The third-order valence-electron chi connectivity index (χ3n) is 3.92. The summed E-state index contributed by atoms with van der Waals surface area (Å²) >= 11 is 6.08. The number of ether oxygens (including phenoxy) is 2. The molecule has 0 fully saturated rings. The Kier molecular flexibility index (Phi) is 5.58. The summed E-state index contributed by atoms with van der Waals surface area (Å²) < 4.78 is 10.9. The summed E-state index contributed by atoms with van der Waals surface area (Å²) in [5.41, 5.74) is 1.53. The average molecular weight is 372 g/mol. The van der Waals surface area contributed by atoms with Crippen molar-refractivity contribution in [1.29, 1.82) is 0 Å². The van der Waals surface area contributed by atoms with Crippen LogP contribution in [0.25, 0.3) is 0 Å². The zero-order chi connectivity index (χ0) is 18.5. The molecule has 5 nitrogen and oxygen atoms in total. The number of hydrogen-bond donors (Lipinski definition) is 0. The highest BCUT2D eigenvalue weighted by Gasteiger charge is 2.30. The third kappa shape index (κ3) is 4.06. The molecule has 1 aliphatic rings. The molecule has 26 heavy (non-hydrogen) atoms. The molecule has 6 heteroatoms. The van der Waals surface area contributed by atoms with Gasteiger partial charge in [-0.2, -0.15) is 0 Å². The number of carbonyl (C=O) groups is 2. The quantitative estimate of drug-likeness (QED) is 0.603. The first-order valence-electron chi connectivity index (χ1n) is 8.26. The zero-order valence-electron chi connectivity index (χ0n) is 14.2. The van der Waals surface area contributed by atoms with Gasteiger partial charge in [0.2, 0.25) is 0 Å². The zero-order valence-corrected chi connectivity index (χ0v) is 15.0. The lowest BCUT2D eigenvalue weighted by Crippen LogP contribution is -2.39. The fraction of sp³-hybridized carbons (Fsp3) is 0.200. The number of anilines is 1. The molecule has 0 bridgehead atoms. The van der Waals surface area contributed by atoms with Crippen LogP contribution in [0.4, 0.5) is 5.69 Å². The minimum absolute atomic E-state index is 0.253. The van der Waals surface area contributed by atoms with Crippen molar-refractivity contribution in [3.8, 4) is 5.75 Å². The summed E-state index contributed by atoms with van der Waals surface area (Å²) in [7, 11) is 0. The SMILES string of the molecule is CCOC(=O)/C=C/C(=O)N1CC(c2ccccc2)Oc2ccc(Cl)cc21. The molecular formula is C20H18ClNO4. The normalized spacial score (nSPS) is 16.1. The van der Waals surface area contributed by atoms with Crippen LogP contribution in [-0.4, -0.2) is 25.0 Å². The number of carbonyl (C=O) groups excluding carboxylic acids is 2. The molecule has 0 saturated heterocycles. The summed E-state index contributed by atoms with van der Waals surface area (Å²) in [6.07, 6.45) is 2.02. The first kappa shape index (κ1) is 18.0. The Bertz CT molecular complexity index is 835. The van der Waals surface area contributed by atoms with Gasteiger partial charge in [-0.05, 0) is 30.7 Å². The molecule has 0 saturated carbocycles. The Morgan fingerprint density at radius 3 is 2.73 bits per heavy atom. The Balaban J connectivity index is 1.90. The first-order chi connectivity index (χ1) is 12.6. The molecule has 1 aliphatic heterocycles. The second kappa shape index (κ2) is 8.06. The van der Waals surface area contributed by atoms with Crippen molar-refractivity contribution in [3.63, 3.8) is 0 Å². The first-order valence-corrected chi connectivity index (χ1v) is 8.63. The molecule has 134 valence electrons. The van der Waals surface area contributed by atoms with E-state index in [4.69, 9.17) is 21.1 Å². The van der Waals surface area contributed by atoms with E-state index in [1.54, 1.807) is 30.0 Å². The van der Waals surface area contributed by atoms with E-state index >= 15 is 0 Å². The highest BCUT2D eigenvalue weighted by atomic mass is 35.5. The van der Waals surface area contributed by atoms with Gasteiger partial charge in [0.1, 0.15) is 11.9 Å². The highest BCUT2D eigenvalue weighted by Crippen LogP contribution is 2.39. The van der Waals surface area contributed by atoms with Gasteiger partial charge < -0.3 is 14.4 Å². The molecular weight excluding hydrogens is 354 g/mol. The molecule has 1 unspecified atom stereocenters. The maximum Gasteiger partial charge on any atom is 0.330 e. The number of fused-ring (bicyclic) bond motifs is 1. The smallest absolute Gasteiger partial charge is 0.330 e. The molecule has 2 aromatic rings. The largest absolute Gasteiger partial charge is 0.482 e. The number of rotatable bonds is 4. The van der Waals surface area contributed by atoms with Crippen LogP contribution in [0.2, 0.25) is 5.02 Å². The molecule has 0 aliphatic carbocycles. The van der Waals surface area contributed by atoms with Crippen molar-refractivity contribution in [2.45, 2.75) is 13.0 Å². The average Bonchev–Trinajstić information content (AvgIpc) is 2.66. The van der Waals surface area contributed by atoms with E-state index in [9.17, 15) is 9.59 Å². The molecule has 0 aromatic heterocycles. The topological polar surface area (TPSA) is 55.8 Å². The Labute approximate surface area is 156 Å². The van der Waals surface area contributed by atoms with Gasteiger partial charge in [-0.15, -0.1) is 0 Å². The summed E-state index contributed by atoms with van der Waals surface area (Å²) in [5.74, 6) is -0.335. The summed E-state index contributed by atoms with van der Waals surface area (Å²) in [6.45, 7) is 2.27. The van der Waals surface area contributed by atoms with Crippen molar-refractivity contribution in [1.82, 2.24) is 0 Å². The van der Waals surface area contributed by atoms with E-state index < -0.39 is 5.97 Å². The number of halogens is 1. The number of nitrogens with zero attached hydrogens (tertiary/aromatic N) is 1. The van der Waals surface area contributed by atoms with Gasteiger partial charge >= 0.3 is 5.97 Å². The second-order valence-electron chi connectivity index (χ2n) is 5.66. The number of benzene rings is 2. The van der Waals surface area contributed by atoms with Crippen LogP contribution in [0.5, 0.6) is 5.75 Å². The van der Waals surface area contributed by atoms with Crippen molar-refractivity contribution in [2.24, 2.45) is 0 Å². The van der Waals surface area contributed by atoms with Gasteiger partial charge in [0.15, 0.2) is 0 Å². The van der Waals surface area contributed by atoms with E-state index in [0.717, 1.165) is 11.6 Å². The maximum absolute atomic E-state index is 12.7. The lowest BCUT2D eigenvalue weighted by atomic mass is 10.1. The third-order valence-corrected chi connectivity index (χ3v) is 4.15. The van der Waals surface area contributed by atoms with Crippen molar-refractivity contribution >= 4 is 29.2 Å². The van der Waals surface area contributed by atoms with Crippen molar-refractivity contribution in [2.75, 3.05) is 18.1 Å². The summed E-state index contributed by atoms with van der Waals surface area (Å²) in [4.78, 5) is 25.7. The molecule has 0 N–H and O–H groups in total. The van der Waals surface area contributed by atoms with Crippen LogP contribution in [0, 0.1) is 0 Å². The van der Waals surface area contributed by atoms with E-state index in [1.807, 2.05) is 30.3 Å². The molecule has 2 aromatic carbocycles. The molecule has 3 rings (SSSR count). The minimum Gasteiger partial charge on any atom is -0.482 e. The molecule has 1 amide bonds. The molecule has 0 spiro atoms. The Morgan fingerprint density at radius 1 is 1.23 bits per heavy atom. The molecule has 0 radical (unpaired) electrons. The predicted molar refractivity (Wildman–Crippen MR) is 99.4 cm³/mol. The fourth-order valence-electron chi connectivity index (χ4n) is 2.73. The number of hydrogen-bond acceptors (Lipinski definition) is 4. The fourth-order valence-corrected chi connectivity index (χ4v) is 2.89. The van der Waals surface area contributed by atoms with E-state index in [-0.39, 0.29) is 18.6 Å². The van der Waals surface area contributed by atoms with Crippen LogP contribution in [-0.2, 0) is 14.3 Å². The Hall–Kier alpha value is -2.79. The van der Waals surface area contributed by atoms with Crippen LogP contribution >= 0.6 is 11.6 Å². The van der Waals surface area contributed by atoms with Gasteiger partial charge in [-0.25, -0.2) is 4.79 Å². The summed E-state index contributed by atoms with van der Waals surface area (Å²) in [6, 6.07) is 14.8. The lowest BCUT2D eigenvalue weighted by Gasteiger charge is -2.34. The van der Waals surface area contributed by atoms with Crippen molar-refractivity contribution < 1.29 is 19.1 Å². The Morgan fingerprint density at radius 2 is 2.00 bits per heavy atom. The van der Waals surface area contributed by atoms with Gasteiger partial charge in [0, 0.05) is 17.2 Å². The van der Waals surface area contributed by atoms with Crippen LogP contribution in [0.15, 0.2) is 60.7 Å².